The summed E-state index contributed by atoms with van der Waals surface area (Å²) in [7, 11) is 0. The molecule has 1 unspecified atom stereocenters. The van der Waals surface area contributed by atoms with Crippen LogP contribution in [0, 0.1) is 5.92 Å². The molecule has 8 heteroatoms. The fourth-order valence-corrected chi connectivity index (χ4v) is 4.97. The molecule has 0 aromatic carbocycles. The average Bonchev–Trinajstić information content (AvgIpc) is 3.18. The zero-order valence-corrected chi connectivity index (χ0v) is 16.0. The molecule has 3 N–H and O–H groups in total. The van der Waals surface area contributed by atoms with E-state index in [1.54, 1.807) is 11.3 Å². The summed E-state index contributed by atoms with van der Waals surface area (Å²) < 4.78 is 1.38. The molecule has 0 spiro atoms. The molecule has 1 amide bonds. The van der Waals surface area contributed by atoms with Crippen molar-refractivity contribution in [1.29, 1.82) is 0 Å². The fourth-order valence-electron chi connectivity index (χ4n) is 3.25. The lowest BCUT2D eigenvalue weighted by Gasteiger charge is -2.29. The van der Waals surface area contributed by atoms with Gasteiger partial charge in [-0.3, -0.25) is 14.2 Å². The first-order valence-corrected chi connectivity index (χ1v) is 10.3. The molecule has 0 bridgehead atoms. The summed E-state index contributed by atoms with van der Waals surface area (Å²) in [6.07, 6.45) is 3.62. The maximum Gasteiger partial charge on any atom is 0.263 e. The van der Waals surface area contributed by atoms with Crippen LogP contribution in [0.15, 0.2) is 34.0 Å². The number of nitrogens with zero attached hydrogens (tertiary/aromatic N) is 2. The van der Waals surface area contributed by atoms with Gasteiger partial charge in [-0.15, -0.1) is 22.7 Å². The second kappa shape index (κ2) is 6.61. The van der Waals surface area contributed by atoms with E-state index in [0.717, 1.165) is 23.3 Å². The molecule has 26 heavy (non-hydrogen) atoms. The van der Waals surface area contributed by atoms with Gasteiger partial charge in [-0.2, -0.15) is 0 Å². The van der Waals surface area contributed by atoms with Gasteiger partial charge in [-0.25, -0.2) is 4.98 Å². The van der Waals surface area contributed by atoms with Crippen molar-refractivity contribution >= 4 is 38.8 Å². The van der Waals surface area contributed by atoms with Crippen LogP contribution in [0.3, 0.4) is 0 Å². The number of nitrogens with two attached hydrogens (primary N) is 1. The highest BCUT2D eigenvalue weighted by atomic mass is 32.1. The molecule has 0 radical (unpaired) electrons. The summed E-state index contributed by atoms with van der Waals surface area (Å²) in [5.41, 5.74) is 6.16. The highest BCUT2D eigenvalue weighted by molar-refractivity contribution is 7.18. The van der Waals surface area contributed by atoms with Gasteiger partial charge < -0.3 is 11.1 Å². The Morgan fingerprint density at radius 1 is 1.46 bits per heavy atom. The van der Waals surface area contributed by atoms with E-state index in [9.17, 15) is 9.59 Å². The lowest BCUT2D eigenvalue weighted by atomic mass is 9.96. The minimum absolute atomic E-state index is 0.0518. The number of fused-ring (bicyclic) bond motifs is 1. The number of aromatic nitrogens is 2. The average molecular weight is 389 g/mol. The molecule has 1 aliphatic rings. The predicted molar refractivity (Wildman–Crippen MR) is 106 cm³/mol. The zero-order chi connectivity index (χ0) is 18.3. The van der Waals surface area contributed by atoms with E-state index in [2.05, 4.69) is 10.3 Å². The molecule has 6 nitrogen and oxygen atoms in total. The minimum Gasteiger partial charge on any atom is -0.348 e. The topological polar surface area (TPSA) is 90.0 Å². The molecule has 0 aliphatic heterocycles. The molecule has 3 aromatic rings. The Balaban J connectivity index is 1.63. The summed E-state index contributed by atoms with van der Waals surface area (Å²) in [5, 5.41) is 7.53. The van der Waals surface area contributed by atoms with Crippen molar-refractivity contribution in [3.8, 4) is 10.4 Å². The molecule has 0 saturated heterocycles. The molecule has 1 saturated carbocycles. The summed E-state index contributed by atoms with van der Waals surface area (Å²) >= 11 is 3.03. The Labute approximate surface area is 158 Å². The highest BCUT2D eigenvalue weighted by Gasteiger charge is 2.41. The van der Waals surface area contributed by atoms with Crippen LogP contribution in [0.2, 0.25) is 0 Å². The quantitative estimate of drug-likeness (QED) is 0.679. The number of carbonyl (C=O) groups excluding carboxylic acids is 1. The summed E-state index contributed by atoms with van der Waals surface area (Å²) in [6, 6.07) is 3.94. The molecular weight excluding hydrogens is 368 g/mol. The number of carbonyl (C=O) groups is 1. The Hall–Kier alpha value is -2.03. The second-order valence-electron chi connectivity index (χ2n) is 6.93. The summed E-state index contributed by atoms with van der Waals surface area (Å²) in [4.78, 5) is 31.6. The normalized spacial score (nSPS) is 16.5. The Morgan fingerprint density at radius 2 is 2.27 bits per heavy atom. The van der Waals surface area contributed by atoms with Gasteiger partial charge in [0.15, 0.2) is 0 Å². The number of amides is 1. The fraction of sp³-hybridized carbons (Fsp3) is 0.389. The van der Waals surface area contributed by atoms with Gasteiger partial charge in [0.05, 0.1) is 17.3 Å². The van der Waals surface area contributed by atoms with Crippen molar-refractivity contribution in [3.63, 3.8) is 0 Å². The first-order chi connectivity index (χ1) is 12.5. The third-order valence-electron chi connectivity index (χ3n) is 4.99. The zero-order valence-electron chi connectivity index (χ0n) is 14.4. The largest absolute Gasteiger partial charge is 0.348 e. The van der Waals surface area contributed by atoms with E-state index in [-0.39, 0.29) is 18.0 Å². The summed E-state index contributed by atoms with van der Waals surface area (Å²) in [5.74, 6) is 0.220. The van der Waals surface area contributed by atoms with Gasteiger partial charge in [0.1, 0.15) is 11.4 Å². The van der Waals surface area contributed by atoms with Crippen LogP contribution in [-0.2, 0) is 11.3 Å². The Kier molecular flexibility index (Phi) is 4.42. The van der Waals surface area contributed by atoms with Crippen molar-refractivity contribution in [2.45, 2.75) is 31.8 Å². The SMILES string of the molecule is CC(CN)(NC(=O)Cn1cnc2scc(-c3cccs3)c2c1=O)C1CC1. The first-order valence-electron chi connectivity index (χ1n) is 8.53. The van der Waals surface area contributed by atoms with E-state index < -0.39 is 5.54 Å². The Bertz CT molecular complexity index is 1000. The maximum absolute atomic E-state index is 13.0. The van der Waals surface area contributed by atoms with E-state index in [4.69, 9.17) is 5.73 Å². The number of thiophene rings is 2. The number of nitrogens with one attached hydrogen (secondary N) is 1. The molecule has 1 atom stereocenters. The molecule has 1 aliphatic carbocycles. The van der Waals surface area contributed by atoms with Crippen LogP contribution in [0.1, 0.15) is 19.8 Å². The van der Waals surface area contributed by atoms with Gasteiger partial charge in [-0.1, -0.05) is 6.07 Å². The van der Waals surface area contributed by atoms with Crippen LogP contribution >= 0.6 is 22.7 Å². The van der Waals surface area contributed by atoms with E-state index >= 15 is 0 Å². The van der Waals surface area contributed by atoms with Gasteiger partial charge in [0.2, 0.25) is 5.91 Å². The van der Waals surface area contributed by atoms with Crippen LogP contribution in [0.5, 0.6) is 0 Å². The first kappa shape index (κ1) is 17.4. The van der Waals surface area contributed by atoms with Gasteiger partial charge >= 0.3 is 0 Å². The van der Waals surface area contributed by atoms with Crippen LogP contribution in [0.25, 0.3) is 20.7 Å². The van der Waals surface area contributed by atoms with Crippen molar-refractivity contribution < 1.29 is 4.79 Å². The van der Waals surface area contributed by atoms with Crippen molar-refractivity contribution in [2.24, 2.45) is 11.7 Å². The molecule has 3 aromatic heterocycles. The lowest BCUT2D eigenvalue weighted by Crippen LogP contribution is -2.54. The smallest absolute Gasteiger partial charge is 0.263 e. The standard InChI is InChI=1S/C18H20N4O2S2/c1-18(9-19,11-4-5-11)21-14(23)7-22-10-20-16-15(17(22)24)12(8-26-16)13-3-2-6-25-13/h2-3,6,8,10-11H,4-5,7,9,19H2,1H3,(H,21,23). The molecule has 1 fully saturated rings. The highest BCUT2D eigenvalue weighted by Crippen LogP contribution is 2.39. The third kappa shape index (κ3) is 3.08. The minimum atomic E-state index is -0.400. The van der Waals surface area contributed by atoms with Crippen molar-refractivity contribution in [1.82, 2.24) is 14.9 Å². The number of hydrogen-bond donors (Lipinski definition) is 2. The van der Waals surface area contributed by atoms with Gasteiger partial charge in [-0.05, 0) is 37.1 Å². The molecular formula is C18H20N4O2S2. The molecule has 136 valence electrons. The van der Waals surface area contributed by atoms with Gasteiger partial charge in [0.25, 0.3) is 5.56 Å². The molecule has 3 heterocycles. The predicted octanol–water partition coefficient (Wildman–Crippen LogP) is 2.43. The van der Waals surface area contributed by atoms with E-state index in [1.165, 1.54) is 22.2 Å². The van der Waals surface area contributed by atoms with Crippen LogP contribution < -0.4 is 16.6 Å². The van der Waals surface area contributed by atoms with Crippen molar-refractivity contribution in [3.05, 3.63) is 39.6 Å². The summed E-state index contributed by atoms with van der Waals surface area (Å²) in [6.45, 7) is 2.31. The monoisotopic (exact) mass is 388 g/mol. The molecule has 4 rings (SSSR count). The van der Waals surface area contributed by atoms with E-state index in [1.807, 2.05) is 29.8 Å². The maximum atomic E-state index is 13.0. The Morgan fingerprint density at radius 3 is 2.92 bits per heavy atom. The van der Waals surface area contributed by atoms with Crippen LogP contribution in [0.4, 0.5) is 0 Å². The number of hydrogen-bond acceptors (Lipinski definition) is 6. The van der Waals surface area contributed by atoms with Crippen molar-refractivity contribution in [2.75, 3.05) is 6.54 Å². The lowest BCUT2D eigenvalue weighted by molar-refractivity contribution is -0.123. The third-order valence-corrected chi connectivity index (χ3v) is 6.78. The van der Waals surface area contributed by atoms with Crippen LogP contribution in [-0.4, -0.2) is 27.5 Å². The number of rotatable bonds is 6. The second-order valence-corrected chi connectivity index (χ2v) is 8.73. The van der Waals surface area contributed by atoms with Gasteiger partial charge in [0, 0.05) is 22.4 Å². The van der Waals surface area contributed by atoms with E-state index in [0.29, 0.717) is 22.7 Å².